The Balaban J connectivity index is 2.03. The summed E-state index contributed by atoms with van der Waals surface area (Å²) in [6.45, 7) is 9.31. The maximum absolute atomic E-state index is 10.7. The second-order valence-electron chi connectivity index (χ2n) is 8.58. The average Bonchev–Trinajstić information content (AvgIpc) is 3.17. The van der Waals surface area contributed by atoms with Gasteiger partial charge in [-0.15, -0.1) is 6.58 Å². The van der Waals surface area contributed by atoms with E-state index in [1.807, 2.05) is 55.6 Å². The van der Waals surface area contributed by atoms with E-state index in [-0.39, 0.29) is 6.04 Å². The lowest BCUT2D eigenvalue weighted by atomic mass is 10.1. The van der Waals surface area contributed by atoms with E-state index in [0.717, 1.165) is 29.7 Å². The van der Waals surface area contributed by atoms with Crippen LogP contribution >= 0.6 is 0 Å². The first kappa shape index (κ1) is 25.5. The molecule has 0 amide bonds. The summed E-state index contributed by atoms with van der Waals surface area (Å²) in [5.74, 6) is 1.96. The number of para-hydroxylation sites is 2. The standard InChI is InChI=1S/C28H37N3O3/c1-6-8-16-23(32)19-31(21(3)7-2)20-24-27(22-14-10-9-11-15-22)29-30(4)28(24)34-26-18-13-12-17-25(26)33-5/h6,9-15,17-18,21,23,32H,1,7-8,16,19-20H2,2-5H3. The van der Waals surface area contributed by atoms with Crippen LogP contribution < -0.4 is 9.47 Å². The predicted molar refractivity (Wildman–Crippen MR) is 137 cm³/mol. The molecule has 0 radical (unpaired) electrons. The summed E-state index contributed by atoms with van der Waals surface area (Å²) >= 11 is 0. The lowest BCUT2D eigenvalue weighted by Crippen LogP contribution is -2.38. The molecule has 6 nitrogen and oxygen atoms in total. The topological polar surface area (TPSA) is 59.8 Å². The fourth-order valence-corrected chi connectivity index (χ4v) is 3.99. The SMILES string of the molecule is C=CCCC(O)CN(Cc1c(-c2ccccc2)nn(C)c1Oc1ccccc1OC)C(C)CC. The van der Waals surface area contributed by atoms with Gasteiger partial charge in [0.25, 0.3) is 0 Å². The summed E-state index contributed by atoms with van der Waals surface area (Å²) in [5, 5.41) is 15.5. The van der Waals surface area contributed by atoms with Crippen LogP contribution in [-0.2, 0) is 13.6 Å². The molecule has 0 aliphatic carbocycles. The van der Waals surface area contributed by atoms with Crippen molar-refractivity contribution < 1.29 is 14.6 Å². The molecular formula is C28H37N3O3. The van der Waals surface area contributed by atoms with Gasteiger partial charge in [-0.1, -0.05) is 55.5 Å². The molecule has 0 saturated carbocycles. The Morgan fingerprint density at radius 3 is 2.44 bits per heavy atom. The molecule has 0 aliphatic heterocycles. The number of nitrogens with zero attached hydrogens (tertiary/aromatic N) is 3. The monoisotopic (exact) mass is 463 g/mol. The van der Waals surface area contributed by atoms with Gasteiger partial charge in [0.15, 0.2) is 11.5 Å². The third-order valence-electron chi connectivity index (χ3n) is 6.14. The minimum absolute atomic E-state index is 0.279. The quantitative estimate of drug-likeness (QED) is 0.324. The summed E-state index contributed by atoms with van der Waals surface area (Å²) in [6, 6.07) is 18.0. The maximum atomic E-state index is 10.7. The van der Waals surface area contributed by atoms with Crippen LogP contribution in [0.1, 0.15) is 38.7 Å². The zero-order valence-electron chi connectivity index (χ0n) is 20.8. The van der Waals surface area contributed by atoms with Crippen molar-refractivity contribution in [3.8, 4) is 28.6 Å². The van der Waals surface area contributed by atoms with Crippen LogP contribution in [0.3, 0.4) is 0 Å². The maximum Gasteiger partial charge on any atom is 0.222 e. The lowest BCUT2D eigenvalue weighted by Gasteiger charge is -2.30. The summed E-state index contributed by atoms with van der Waals surface area (Å²) in [5.41, 5.74) is 2.89. The van der Waals surface area contributed by atoms with Gasteiger partial charge in [-0.05, 0) is 38.3 Å². The van der Waals surface area contributed by atoms with Crippen LogP contribution in [0.15, 0.2) is 67.3 Å². The molecule has 1 heterocycles. The van der Waals surface area contributed by atoms with Crippen molar-refractivity contribution in [2.24, 2.45) is 7.05 Å². The largest absolute Gasteiger partial charge is 0.493 e. The van der Waals surface area contributed by atoms with Crippen LogP contribution in [-0.4, -0.2) is 45.6 Å². The number of aliphatic hydroxyl groups excluding tert-OH is 1. The van der Waals surface area contributed by atoms with E-state index < -0.39 is 6.10 Å². The van der Waals surface area contributed by atoms with Crippen LogP contribution in [0, 0.1) is 0 Å². The number of methoxy groups -OCH3 is 1. The van der Waals surface area contributed by atoms with Gasteiger partial charge in [-0.2, -0.15) is 5.10 Å². The number of aromatic nitrogens is 2. The number of hydrogen-bond acceptors (Lipinski definition) is 5. The van der Waals surface area contributed by atoms with Crippen LogP contribution in [0.4, 0.5) is 0 Å². The van der Waals surface area contributed by atoms with Crippen molar-refractivity contribution >= 4 is 0 Å². The molecule has 0 bridgehead atoms. The number of hydrogen-bond donors (Lipinski definition) is 1. The molecule has 1 aromatic heterocycles. The molecule has 2 atom stereocenters. The number of rotatable bonds is 13. The predicted octanol–water partition coefficient (Wildman–Crippen LogP) is 5.82. The highest BCUT2D eigenvalue weighted by atomic mass is 16.5. The molecule has 1 N–H and O–H groups in total. The second-order valence-corrected chi connectivity index (χ2v) is 8.58. The van der Waals surface area contributed by atoms with E-state index in [2.05, 4.69) is 37.5 Å². The molecule has 0 fully saturated rings. The van der Waals surface area contributed by atoms with E-state index in [4.69, 9.17) is 14.6 Å². The molecule has 6 heteroatoms. The minimum atomic E-state index is -0.428. The lowest BCUT2D eigenvalue weighted by molar-refractivity contribution is 0.0795. The molecule has 0 saturated heterocycles. The summed E-state index contributed by atoms with van der Waals surface area (Å²) in [4.78, 5) is 2.31. The van der Waals surface area contributed by atoms with Crippen LogP contribution in [0.2, 0.25) is 0 Å². The molecular weight excluding hydrogens is 426 g/mol. The Morgan fingerprint density at radius 1 is 1.12 bits per heavy atom. The van der Waals surface area contributed by atoms with Crippen molar-refractivity contribution in [3.63, 3.8) is 0 Å². The molecule has 3 rings (SSSR count). The summed E-state index contributed by atoms with van der Waals surface area (Å²) < 4.78 is 13.7. The fraction of sp³-hybridized carbons (Fsp3) is 0.393. The third-order valence-corrected chi connectivity index (χ3v) is 6.14. The molecule has 2 aromatic carbocycles. The first-order valence-electron chi connectivity index (χ1n) is 11.9. The number of aliphatic hydroxyl groups is 1. The van der Waals surface area contributed by atoms with Gasteiger partial charge < -0.3 is 14.6 Å². The average molecular weight is 464 g/mol. The Hall–Kier alpha value is -3.09. The van der Waals surface area contributed by atoms with E-state index in [1.165, 1.54) is 0 Å². The minimum Gasteiger partial charge on any atom is -0.493 e. The Bertz CT molecular complexity index is 1050. The Kier molecular flexibility index (Phi) is 9.31. The van der Waals surface area contributed by atoms with E-state index in [0.29, 0.717) is 36.9 Å². The molecule has 2 unspecified atom stereocenters. The Labute approximate surface area is 203 Å². The highest BCUT2D eigenvalue weighted by Gasteiger charge is 2.25. The molecule has 0 spiro atoms. The molecule has 0 aliphatic rings. The van der Waals surface area contributed by atoms with Gasteiger partial charge in [0.2, 0.25) is 5.88 Å². The van der Waals surface area contributed by atoms with Gasteiger partial charge in [0.1, 0.15) is 5.69 Å². The molecule has 182 valence electrons. The highest BCUT2D eigenvalue weighted by Crippen LogP contribution is 2.37. The fourth-order valence-electron chi connectivity index (χ4n) is 3.99. The van der Waals surface area contributed by atoms with Crippen molar-refractivity contribution in [1.82, 2.24) is 14.7 Å². The summed E-state index contributed by atoms with van der Waals surface area (Å²) in [6.07, 6.45) is 3.88. The van der Waals surface area contributed by atoms with Crippen molar-refractivity contribution in [2.75, 3.05) is 13.7 Å². The number of aryl methyl sites for hydroxylation is 1. The smallest absolute Gasteiger partial charge is 0.222 e. The van der Waals surface area contributed by atoms with E-state index in [1.54, 1.807) is 11.8 Å². The first-order chi connectivity index (χ1) is 16.5. The first-order valence-corrected chi connectivity index (χ1v) is 11.9. The zero-order chi connectivity index (χ0) is 24.5. The van der Waals surface area contributed by atoms with Gasteiger partial charge in [-0.3, -0.25) is 4.90 Å². The Morgan fingerprint density at radius 2 is 1.79 bits per heavy atom. The normalized spacial score (nSPS) is 13.0. The van der Waals surface area contributed by atoms with Crippen LogP contribution in [0.5, 0.6) is 17.4 Å². The van der Waals surface area contributed by atoms with Gasteiger partial charge in [-0.25, -0.2) is 4.68 Å². The summed E-state index contributed by atoms with van der Waals surface area (Å²) in [7, 11) is 3.53. The van der Waals surface area contributed by atoms with Crippen molar-refractivity contribution in [1.29, 1.82) is 0 Å². The number of allylic oxidation sites excluding steroid dienone is 1. The van der Waals surface area contributed by atoms with Gasteiger partial charge in [0, 0.05) is 31.7 Å². The second kappa shape index (κ2) is 12.4. The van der Waals surface area contributed by atoms with Gasteiger partial charge >= 0.3 is 0 Å². The zero-order valence-corrected chi connectivity index (χ0v) is 20.8. The molecule has 3 aromatic rings. The number of ether oxygens (including phenoxy) is 2. The van der Waals surface area contributed by atoms with Gasteiger partial charge in [0.05, 0.1) is 18.8 Å². The van der Waals surface area contributed by atoms with Crippen molar-refractivity contribution in [2.45, 2.75) is 51.8 Å². The van der Waals surface area contributed by atoms with E-state index >= 15 is 0 Å². The third kappa shape index (κ3) is 6.27. The molecule has 34 heavy (non-hydrogen) atoms. The van der Waals surface area contributed by atoms with Crippen LogP contribution in [0.25, 0.3) is 11.3 Å². The van der Waals surface area contributed by atoms with Crippen molar-refractivity contribution in [3.05, 3.63) is 72.8 Å². The van der Waals surface area contributed by atoms with E-state index in [9.17, 15) is 5.11 Å². The number of benzene rings is 2. The highest BCUT2D eigenvalue weighted by molar-refractivity contribution is 5.66.